The minimum Gasteiger partial charge on any atom is -0.375 e. The van der Waals surface area contributed by atoms with Crippen LogP contribution in [0.4, 0.5) is 5.69 Å². The van der Waals surface area contributed by atoms with Gasteiger partial charge in [0, 0.05) is 30.8 Å². The standard InChI is InChI=1S/C14H23ClN2S/c1-4-16-11-12-6-7-13(10-14(12)15)17(2)8-5-9-18-3/h6-7,10,16H,4-5,8-9,11H2,1-3H3. The van der Waals surface area contributed by atoms with Crippen LogP contribution < -0.4 is 10.2 Å². The van der Waals surface area contributed by atoms with E-state index in [2.05, 4.69) is 48.6 Å². The Balaban J connectivity index is 2.59. The van der Waals surface area contributed by atoms with Gasteiger partial charge in [-0.05, 0) is 42.7 Å². The van der Waals surface area contributed by atoms with E-state index in [-0.39, 0.29) is 0 Å². The highest BCUT2D eigenvalue weighted by atomic mass is 35.5. The van der Waals surface area contributed by atoms with Crippen molar-refractivity contribution in [3.8, 4) is 0 Å². The van der Waals surface area contributed by atoms with E-state index in [1.165, 1.54) is 23.4 Å². The van der Waals surface area contributed by atoms with Gasteiger partial charge < -0.3 is 10.2 Å². The summed E-state index contributed by atoms with van der Waals surface area (Å²) in [6, 6.07) is 6.33. The van der Waals surface area contributed by atoms with Crippen LogP contribution in [-0.2, 0) is 6.54 Å². The highest BCUT2D eigenvalue weighted by Crippen LogP contribution is 2.23. The van der Waals surface area contributed by atoms with Gasteiger partial charge in [-0.3, -0.25) is 0 Å². The zero-order valence-corrected chi connectivity index (χ0v) is 13.1. The van der Waals surface area contributed by atoms with E-state index >= 15 is 0 Å². The van der Waals surface area contributed by atoms with Crippen molar-refractivity contribution >= 4 is 29.1 Å². The molecule has 0 spiro atoms. The lowest BCUT2D eigenvalue weighted by Gasteiger charge is -2.20. The lowest BCUT2D eigenvalue weighted by Crippen LogP contribution is -2.19. The third kappa shape index (κ3) is 5.09. The number of halogens is 1. The lowest BCUT2D eigenvalue weighted by atomic mass is 10.2. The molecule has 0 bridgehead atoms. The molecule has 102 valence electrons. The summed E-state index contributed by atoms with van der Waals surface area (Å²) in [7, 11) is 2.12. The van der Waals surface area contributed by atoms with Gasteiger partial charge in [0.2, 0.25) is 0 Å². The van der Waals surface area contributed by atoms with Gasteiger partial charge in [-0.2, -0.15) is 11.8 Å². The Morgan fingerprint density at radius 1 is 1.39 bits per heavy atom. The topological polar surface area (TPSA) is 15.3 Å². The summed E-state index contributed by atoms with van der Waals surface area (Å²) in [6.07, 6.45) is 3.35. The van der Waals surface area contributed by atoms with E-state index in [1.807, 2.05) is 11.8 Å². The molecule has 0 heterocycles. The minimum atomic E-state index is 0.839. The maximum Gasteiger partial charge on any atom is 0.0471 e. The summed E-state index contributed by atoms with van der Waals surface area (Å²) < 4.78 is 0. The van der Waals surface area contributed by atoms with Crippen molar-refractivity contribution in [2.75, 3.05) is 37.0 Å². The van der Waals surface area contributed by atoms with Gasteiger partial charge in [0.1, 0.15) is 0 Å². The van der Waals surface area contributed by atoms with Crippen LogP contribution in [0.5, 0.6) is 0 Å². The second kappa shape index (κ2) is 8.68. The first-order chi connectivity index (χ1) is 8.69. The van der Waals surface area contributed by atoms with Gasteiger partial charge in [0.05, 0.1) is 0 Å². The molecule has 1 rings (SSSR count). The number of anilines is 1. The minimum absolute atomic E-state index is 0.839. The third-order valence-corrected chi connectivity index (χ3v) is 3.93. The molecule has 0 aliphatic heterocycles. The van der Waals surface area contributed by atoms with Crippen molar-refractivity contribution < 1.29 is 0 Å². The summed E-state index contributed by atoms with van der Waals surface area (Å²) in [5, 5.41) is 4.15. The van der Waals surface area contributed by atoms with E-state index in [0.717, 1.165) is 24.7 Å². The molecule has 0 saturated heterocycles. The van der Waals surface area contributed by atoms with Gasteiger partial charge in [0.25, 0.3) is 0 Å². The summed E-state index contributed by atoms with van der Waals surface area (Å²) in [6.45, 7) is 4.98. The number of hydrogen-bond acceptors (Lipinski definition) is 3. The molecule has 0 atom stereocenters. The highest BCUT2D eigenvalue weighted by molar-refractivity contribution is 7.98. The van der Waals surface area contributed by atoms with Crippen LogP contribution in [0.25, 0.3) is 0 Å². The van der Waals surface area contributed by atoms with Crippen LogP contribution in [0.1, 0.15) is 18.9 Å². The van der Waals surface area contributed by atoms with Crippen molar-refractivity contribution in [1.82, 2.24) is 5.32 Å². The molecule has 0 fully saturated rings. The second-order valence-electron chi connectivity index (χ2n) is 4.32. The van der Waals surface area contributed by atoms with Gasteiger partial charge >= 0.3 is 0 Å². The molecule has 0 unspecified atom stereocenters. The number of rotatable bonds is 8. The maximum atomic E-state index is 6.30. The van der Waals surface area contributed by atoms with Gasteiger partial charge in [-0.1, -0.05) is 24.6 Å². The Hall–Kier alpha value is -0.380. The molecule has 0 amide bonds. The van der Waals surface area contributed by atoms with E-state index in [1.54, 1.807) is 0 Å². The largest absolute Gasteiger partial charge is 0.375 e. The molecule has 0 saturated carbocycles. The van der Waals surface area contributed by atoms with E-state index in [9.17, 15) is 0 Å². The monoisotopic (exact) mass is 286 g/mol. The average Bonchev–Trinajstić information content (AvgIpc) is 2.37. The van der Waals surface area contributed by atoms with Gasteiger partial charge in [-0.25, -0.2) is 0 Å². The Bertz CT molecular complexity index is 358. The van der Waals surface area contributed by atoms with Crippen LogP contribution in [0.2, 0.25) is 5.02 Å². The quantitative estimate of drug-likeness (QED) is 0.735. The van der Waals surface area contributed by atoms with Crippen molar-refractivity contribution in [3.63, 3.8) is 0 Å². The molecule has 0 aliphatic rings. The predicted molar refractivity (Wildman–Crippen MR) is 85.1 cm³/mol. The Labute approximate surface area is 120 Å². The normalized spacial score (nSPS) is 10.7. The highest BCUT2D eigenvalue weighted by Gasteiger charge is 2.05. The Morgan fingerprint density at radius 2 is 2.17 bits per heavy atom. The van der Waals surface area contributed by atoms with Gasteiger partial charge in [-0.15, -0.1) is 0 Å². The lowest BCUT2D eigenvalue weighted by molar-refractivity contribution is 0.727. The fourth-order valence-corrected chi connectivity index (χ4v) is 2.41. The molecular weight excluding hydrogens is 264 g/mol. The number of benzene rings is 1. The van der Waals surface area contributed by atoms with Crippen LogP contribution in [0.15, 0.2) is 18.2 Å². The molecule has 0 radical (unpaired) electrons. The maximum absolute atomic E-state index is 6.30. The zero-order chi connectivity index (χ0) is 13.4. The molecule has 0 aromatic heterocycles. The number of nitrogens with zero attached hydrogens (tertiary/aromatic N) is 1. The SMILES string of the molecule is CCNCc1ccc(N(C)CCCSC)cc1Cl. The van der Waals surface area contributed by atoms with E-state index in [0.29, 0.717) is 0 Å². The molecule has 4 heteroatoms. The van der Waals surface area contributed by atoms with E-state index < -0.39 is 0 Å². The van der Waals surface area contributed by atoms with E-state index in [4.69, 9.17) is 11.6 Å². The molecule has 2 nitrogen and oxygen atoms in total. The number of thioether (sulfide) groups is 1. The fourth-order valence-electron chi connectivity index (χ4n) is 1.75. The zero-order valence-electron chi connectivity index (χ0n) is 11.5. The van der Waals surface area contributed by atoms with Crippen LogP contribution >= 0.6 is 23.4 Å². The third-order valence-electron chi connectivity index (χ3n) is 2.88. The smallest absolute Gasteiger partial charge is 0.0471 e. The van der Waals surface area contributed by atoms with Crippen molar-refractivity contribution in [3.05, 3.63) is 28.8 Å². The predicted octanol–water partition coefficient (Wildman–Crippen LogP) is 3.64. The van der Waals surface area contributed by atoms with Crippen LogP contribution in [-0.4, -0.2) is 32.1 Å². The van der Waals surface area contributed by atoms with Crippen molar-refractivity contribution in [2.24, 2.45) is 0 Å². The first-order valence-corrected chi connectivity index (χ1v) is 8.15. The van der Waals surface area contributed by atoms with Crippen molar-refractivity contribution in [2.45, 2.75) is 19.9 Å². The Kier molecular flexibility index (Phi) is 7.56. The van der Waals surface area contributed by atoms with Crippen molar-refractivity contribution in [1.29, 1.82) is 0 Å². The molecule has 18 heavy (non-hydrogen) atoms. The van der Waals surface area contributed by atoms with Gasteiger partial charge in [0.15, 0.2) is 0 Å². The molecule has 0 aliphatic carbocycles. The first-order valence-electron chi connectivity index (χ1n) is 6.38. The van der Waals surface area contributed by atoms with Crippen LogP contribution in [0.3, 0.4) is 0 Å². The fraction of sp³-hybridized carbons (Fsp3) is 0.571. The number of nitrogens with one attached hydrogen (secondary N) is 1. The molecule has 1 aromatic carbocycles. The summed E-state index contributed by atoms with van der Waals surface area (Å²) in [5.41, 5.74) is 2.36. The average molecular weight is 287 g/mol. The molecular formula is C14H23ClN2S. The first kappa shape index (κ1) is 15.7. The summed E-state index contributed by atoms with van der Waals surface area (Å²) >= 11 is 8.19. The molecule has 1 N–H and O–H groups in total. The molecule has 1 aromatic rings. The number of hydrogen-bond donors (Lipinski definition) is 1. The second-order valence-corrected chi connectivity index (χ2v) is 5.72. The summed E-state index contributed by atoms with van der Waals surface area (Å²) in [4.78, 5) is 2.26. The summed E-state index contributed by atoms with van der Waals surface area (Å²) in [5.74, 6) is 1.20. The van der Waals surface area contributed by atoms with Crippen LogP contribution in [0, 0.1) is 0 Å². The Morgan fingerprint density at radius 3 is 2.78 bits per heavy atom.